The molecule has 2 atom stereocenters. The zero-order chi connectivity index (χ0) is 17.2. The number of amides is 2. The van der Waals surface area contributed by atoms with Crippen molar-refractivity contribution in [3.63, 3.8) is 0 Å². The highest BCUT2D eigenvalue weighted by molar-refractivity contribution is 5.84. The number of rotatable bonds is 4. The summed E-state index contributed by atoms with van der Waals surface area (Å²) < 4.78 is 0. The first-order chi connectivity index (χ1) is 12.2. The van der Waals surface area contributed by atoms with Gasteiger partial charge in [0.25, 0.3) is 0 Å². The fraction of sp³-hybridized carbons (Fsp3) is 0.350. The third-order valence-corrected chi connectivity index (χ3v) is 5.21. The second-order valence-corrected chi connectivity index (χ2v) is 6.76. The second kappa shape index (κ2) is 6.67. The van der Waals surface area contributed by atoms with Gasteiger partial charge in [0.2, 0.25) is 11.8 Å². The van der Waals surface area contributed by atoms with Gasteiger partial charge in [0, 0.05) is 31.9 Å². The van der Waals surface area contributed by atoms with Crippen molar-refractivity contribution in [2.75, 3.05) is 6.54 Å². The van der Waals surface area contributed by atoms with E-state index in [-0.39, 0.29) is 23.9 Å². The van der Waals surface area contributed by atoms with Crippen molar-refractivity contribution >= 4 is 11.8 Å². The first kappa shape index (κ1) is 15.8. The number of hydrogen-bond acceptors (Lipinski definition) is 3. The molecule has 0 saturated carbocycles. The molecule has 0 bridgehead atoms. The predicted octanol–water partition coefficient (Wildman–Crippen LogP) is 2.03. The average Bonchev–Trinajstić information content (AvgIpc) is 3.17. The van der Waals surface area contributed by atoms with Gasteiger partial charge in [-0.3, -0.25) is 14.6 Å². The normalized spacial score (nSPS) is 22.3. The third-order valence-electron chi connectivity index (χ3n) is 5.21. The molecule has 2 aliphatic rings. The number of fused-ring (bicyclic) bond motifs is 1. The topological polar surface area (TPSA) is 53.5 Å². The van der Waals surface area contributed by atoms with Crippen molar-refractivity contribution in [1.82, 2.24) is 14.8 Å². The first-order valence-electron chi connectivity index (χ1n) is 8.74. The highest BCUT2D eigenvalue weighted by atomic mass is 16.2. The summed E-state index contributed by atoms with van der Waals surface area (Å²) >= 11 is 0. The highest BCUT2D eigenvalue weighted by Gasteiger charge is 2.47. The highest BCUT2D eigenvalue weighted by Crippen LogP contribution is 2.33. The summed E-state index contributed by atoms with van der Waals surface area (Å²) in [7, 11) is 0. The van der Waals surface area contributed by atoms with Crippen LogP contribution in [-0.2, 0) is 22.6 Å². The Morgan fingerprint density at radius 1 is 1.08 bits per heavy atom. The van der Waals surface area contributed by atoms with Gasteiger partial charge in [-0.2, -0.15) is 0 Å². The summed E-state index contributed by atoms with van der Waals surface area (Å²) in [6.45, 7) is 1.31. The molecular weight excluding hydrogens is 314 g/mol. The Morgan fingerprint density at radius 2 is 1.88 bits per heavy atom. The van der Waals surface area contributed by atoms with Gasteiger partial charge in [-0.15, -0.1) is 0 Å². The third kappa shape index (κ3) is 3.14. The van der Waals surface area contributed by atoms with E-state index in [2.05, 4.69) is 4.98 Å². The fourth-order valence-electron chi connectivity index (χ4n) is 4.00. The SMILES string of the molecule is O=C(Cc1ccccc1)N1CC[C@H]2[C@H]1CC(=O)N2Cc1cccnc1. The molecule has 5 nitrogen and oxygen atoms in total. The number of pyridine rings is 1. The summed E-state index contributed by atoms with van der Waals surface area (Å²) in [5.74, 6) is 0.255. The molecule has 25 heavy (non-hydrogen) atoms. The van der Waals surface area contributed by atoms with Gasteiger partial charge in [-0.25, -0.2) is 0 Å². The Kier molecular flexibility index (Phi) is 4.22. The second-order valence-electron chi connectivity index (χ2n) is 6.76. The van der Waals surface area contributed by atoms with Crippen LogP contribution >= 0.6 is 0 Å². The minimum Gasteiger partial charge on any atom is -0.337 e. The minimum absolute atomic E-state index is 0.0142. The van der Waals surface area contributed by atoms with E-state index >= 15 is 0 Å². The lowest BCUT2D eigenvalue weighted by Crippen LogP contribution is -2.40. The number of likely N-dealkylation sites (tertiary alicyclic amines) is 2. The number of carbonyl (C=O) groups is 2. The molecule has 2 saturated heterocycles. The van der Waals surface area contributed by atoms with Gasteiger partial charge < -0.3 is 9.80 Å². The molecule has 0 spiro atoms. The van der Waals surface area contributed by atoms with E-state index in [4.69, 9.17) is 0 Å². The van der Waals surface area contributed by atoms with Crippen LogP contribution in [0.5, 0.6) is 0 Å². The van der Waals surface area contributed by atoms with Crippen molar-refractivity contribution in [2.24, 2.45) is 0 Å². The van der Waals surface area contributed by atoms with Gasteiger partial charge in [-0.1, -0.05) is 36.4 Å². The fourth-order valence-corrected chi connectivity index (χ4v) is 4.00. The molecule has 2 fully saturated rings. The van der Waals surface area contributed by atoms with E-state index in [0.717, 1.165) is 24.1 Å². The van der Waals surface area contributed by atoms with Crippen molar-refractivity contribution in [2.45, 2.75) is 37.9 Å². The van der Waals surface area contributed by atoms with Gasteiger partial charge in [-0.05, 0) is 23.6 Å². The Morgan fingerprint density at radius 3 is 2.64 bits per heavy atom. The van der Waals surface area contributed by atoms with E-state index in [1.807, 2.05) is 52.3 Å². The maximum atomic E-state index is 12.7. The van der Waals surface area contributed by atoms with Crippen molar-refractivity contribution in [1.29, 1.82) is 0 Å². The van der Waals surface area contributed by atoms with Crippen LogP contribution in [0.2, 0.25) is 0 Å². The number of aromatic nitrogens is 1. The van der Waals surface area contributed by atoms with Gasteiger partial charge in [0.15, 0.2) is 0 Å². The van der Waals surface area contributed by atoms with E-state index in [1.165, 1.54) is 0 Å². The lowest BCUT2D eigenvalue weighted by Gasteiger charge is -2.25. The summed E-state index contributed by atoms with van der Waals surface area (Å²) in [6, 6.07) is 13.8. The Balaban J connectivity index is 1.45. The number of carbonyl (C=O) groups excluding carboxylic acids is 2. The summed E-state index contributed by atoms with van der Waals surface area (Å²) in [6.07, 6.45) is 5.23. The van der Waals surface area contributed by atoms with E-state index in [0.29, 0.717) is 19.4 Å². The van der Waals surface area contributed by atoms with Gasteiger partial charge in [0.05, 0.1) is 18.5 Å². The van der Waals surface area contributed by atoms with Crippen molar-refractivity contribution < 1.29 is 9.59 Å². The summed E-state index contributed by atoms with van der Waals surface area (Å²) in [4.78, 5) is 33.2. The minimum atomic E-state index is 0.0142. The number of nitrogens with zero attached hydrogens (tertiary/aromatic N) is 3. The van der Waals surface area contributed by atoms with Crippen LogP contribution in [0, 0.1) is 0 Å². The van der Waals surface area contributed by atoms with Crippen LogP contribution in [0.4, 0.5) is 0 Å². The Hall–Kier alpha value is -2.69. The van der Waals surface area contributed by atoms with Crippen LogP contribution < -0.4 is 0 Å². The molecule has 2 aromatic rings. The predicted molar refractivity (Wildman–Crippen MR) is 93.5 cm³/mol. The Labute approximate surface area is 147 Å². The largest absolute Gasteiger partial charge is 0.337 e. The van der Waals surface area contributed by atoms with Crippen LogP contribution in [0.15, 0.2) is 54.9 Å². The lowest BCUT2D eigenvalue weighted by molar-refractivity contribution is -0.131. The lowest BCUT2D eigenvalue weighted by atomic mass is 10.1. The molecule has 1 aromatic heterocycles. The van der Waals surface area contributed by atoms with Gasteiger partial charge >= 0.3 is 0 Å². The maximum Gasteiger partial charge on any atom is 0.227 e. The molecule has 0 N–H and O–H groups in total. The van der Waals surface area contributed by atoms with Crippen LogP contribution in [-0.4, -0.2) is 45.2 Å². The first-order valence-corrected chi connectivity index (χ1v) is 8.74. The van der Waals surface area contributed by atoms with Crippen LogP contribution in [0.25, 0.3) is 0 Å². The maximum absolute atomic E-state index is 12.7. The molecule has 0 radical (unpaired) electrons. The zero-order valence-electron chi connectivity index (χ0n) is 14.0. The molecule has 2 aliphatic heterocycles. The smallest absolute Gasteiger partial charge is 0.227 e. The molecule has 0 aliphatic carbocycles. The number of hydrogen-bond donors (Lipinski definition) is 0. The molecule has 2 amide bonds. The number of benzene rings is 1. The zero-order valence-corrected chi connectivity index (χ0v) is 14.0. The molecule has 128 valence electrons. The summed E-state index contributed by atoms with van der Waals surface area (Å²) in [5.41, 5.74) is 2.05. The van der Waals surface area contributed by atoms with Crippen LogP contribution in [0.3, 0.4) is 0 Å². The molecular formula is C20H21N3O2. The van der Waals surface area contributed by atoms with E-state index < -0.39 is 0 Å². The molecule has 4 rings (SSSR count). The quantitative estimate of drug-likeness (QED) is 0.859. The monoisotopic (exact) mass is 335 g/mol. The molecule has 0 unspecified atom stereocenters. The average molecular weight is 335 g/mol. The van der Waals surface area contributed by atoms with Crippen LogP contribution in [0.1, 0.15) is 24.0 Å². The molecule has 1 aromatic carbocycles. The standard InChI is InChI=1S/C20H21N3O2/c24-19(11-15-5-2-1-3-6-15)22-10-8-17-18(22)12-20(25)23(17)14-16-7-4-9-21-13-16/h1-7,9,13,17-18H,8,10-12,14H2/t17-,18+/m0/s1. The van der Waals surface area contributed by atoms with E-state index in [9.17, 15) is 9.59 Å². The van der Waals surface area contributed by atoms with Crippen molar-refractivity contribution in [3.05, 3.63) is 66.0 Å². The molecule has 3 heterocycles. The van der Waals surface area contributed by atoms with Crippen molar-refractivity contribution in [3.8, 4) is 0 Å². The van der Waals surface area contributed by atoms with Gasteiger partial charge in [0.1, 0.15) is 0 Å². The Bertz CT molecular complexity index is 763. The molecule has 5 heteroatoms. The van der Waals surface area contributed by atoms with E-state index in [1.54, 1.807) is 12.4 Å². The summed E-state index contributed by atoms with van der Waals surface area (Å²) in [5, 5.41) is 0.